The summed E-state index contributed by atoms with van der Waals surface area (Å²) >= 11 is 0. The zero-order valence-corrected chi connectivity index (χ0v) is 10.3. The zero-order chi connectivity index (χ0) is 10.3. The molecule has 16 heavy (non-hydrogen) atoms. The van der Waals surface area contributed by atoms with Gasteiger partial charge in [-0.1, -0.05) is 24.3 Å². The molecule has 0 aliphatic carbocycles. The van der Waals surface area contributed by atoms with Crippen LogP contribution in [0.5, 0.6) is 0 Å². The lowest BCUT2D eigenvalue weighted by molar-refractivity contribution is -0.0793. The van der Waals surface area contributed by atoms with E-state index in [-0.39, 0.29) is 18.5 Å². The fourth-order valence-electron chi connectivity index (χ4n) is 2.87. The maximum absolute atomic E-state index is 6.09. The first-order chi connectivity index (χ1) is 7.38. The average molecular weight is 240 g/mol. The minimum absolute atomic E-state index is 0. The first-order valence-corrected chi connectivity index (χ1v) is 5.79. The number of halogens is 1. The molecular formula is C13H18ClNO. The average Bonchev–Trinajstić information content (AvgIpc) is 2.30. The molecular weight excluding hydrogens is 222 g/mol. The van der Waals surface area contributed by atoms with Crippen LogP contribution in [0.2, 0.25) is 0 Å². The monoisotopic (exact) mass is 239 g/mol. The highest BCUT2D eigenvalue weighted by molar-refractivity contribution is 5.85. The van der Waals surface area contributed by atoms with Gasteiger partial charge in [-0.25, -0.2) is 0 Å². The molecule has 2 heterocycles. The molecule has 1 saturated heterocycles. The molecule has 88 valence electrons. The van der Waals surface area contributed by atoms with Crippen LogP contribution in [0.15, 0.2) is 24.3 Å². The molecule has 3 atom stereocenters. The Morgan fingerprint density at radius 3 is 2.88 bits per heavy atom. The molecule has 1 aromatic rings. The van der Waals surface area contributed by atoms with Crippen molar-refractivity contribution in [2.24, 2.45) is 0 Å². The minimum Gasteiger partial charge on any atom is -0.368 e. The lowest BCUT2D eigenvalue weighted by atomic mass is 9.83. The molecule has 2 aliphatic heterocycles. The zero-order valence-electron chi connectivity index (χ0n) is 9.48. The predicted octanol–water partition coefficient (Wildman–Crippen LogP) is 2.47. The summed E-state index contributed by atoms with van der Waals surface area (Å²) in [5.74, 6) is 0. The fraction of sp³-hybridized carbons (Fsp3) is 0.538. The summed E-state index contributed by atoms with van der Waals surface area (Å²) in [6.45, 7) is 0. The summed E-state index contributed by atoms with van der Waals surface area (Å²) in [4.78, 5) is 0. The Labute approximate surface area is 103 Å². The van der Waals surface area contributed by atoms with Gasteiger partial charge in [0, 0.05) is 6.04 Å². The van der Waals surface area contributed by atoms with E-state index in [1.165, 1.54) is 24.0 Å². The molecule has 1 unspecified atom stereocenters. The largest absolute Gasteiger partial charge is 0.368 e. The lowest BCUT2D eigenvalue weighted by Crippen LogP contribution is -2.44. The van der Waals surface area contributed by atoms with E-state index in [0.717, 1.165) is 6.42 Å². The van der Waals surface area contributed by atoms with Crippen LogP contribution >= 0.6 is 12.4 Å². The molecule has 2 bridgehead atoms. The molecule has 1 fully saturated rings. The SMILES string of the molecule is CNC1CC[C@@H]2Cc3ccccc3[C@H]1O2.Cl. The Balaban J connectivity index is 0.000000963. The van der Waals surface area contributed by atoms with Crippen molar-refractivity contribution in [1.29, 1.82) is 0 Å². The third-order valence-corrected chi connectivity index (χ3v) is 3.68. The van der Waals surface area contributed by atoms with Crippen molar-refractivity contribution >= 4 is 12.4 Å². The van der Waals surface area contributed by atoms with Crippen molar-refractivity contribution in [1.82, 2.24) is 5.32 Å². The Kier molecular flexibility index (Phi) is 3.53. The van der Waals surface area contributed by atoms with E-state index in [1.807, 2.05) is 7.05 Å². The Hall–Kier alpha value is -0.570. The lowest BCUT2D eigenvalue weighted by Gasteiger charge is -2.41. The van der Waals surface area contributed by atoms with E-state index >= 15 is 0 Å². The van der Waals surface area contributed by atoms with Crippen LogP contribution in [-0.2, 0) is 11.2 Å². The van der Waals surface area contributed by atoms with Crippen LogP contribution in [-0.4, -0.2) is 19.2 Å². The molecule has 3 heteroatoms. The van der Waals surface area contributed by atoms with Gasteiger partial charge in [-0.15, -0.1) is 12.4 Å². The van der Waals surface area contributed by atoms with Gasteiger partial charge in [-0.2, -0.15) is 0 Å². The van der Waals surface area contributed by atoms with Crippen molar-refractivity contribution in [2.75, 3.05) is 7.05 Å². The second-order valence-corrected chi connectivity index (χ2v) is 4.55. The van der Waals surface area contributed by atoms with Crippen LogP contribution in [0.3, 0.4) is 0 Å². The smallest absolute Gasteiger partial charge is 0.0984 e. The summed E-state index contributed by atoms with van der Waals surface area (Å²) in [5.41, 5.74) is 2.88. The first kappa shape index (κ1) is 11.9. The fourth-order valence-corrected chi connectivity index (χ4v) is 2.87. The topological polar surface area (TPSA) is 21.3 Å². The predicted molar refractivity (Wildman–Crippen MR) is 67.1 cm³/mol. The molecule has 1 N–H and O–H groups in total. The van der Waals surface area contributed by atoms with Crippen LogP contribution in [0.4, 0.5) is 0 Å². The Morgan fingerprint density at radius 2 is 2.06 bits per heavy atom. The van der Waals surface area contributed by atoms with E-state index in [2.05, 4.69) is 29.6 Å². The molecule has 0 aromatic heterocycles. The Bertz CT molecular complexity index is 369. The van der Waals surface area contributed by atoms with Crippen LogP contribution in [0, 0.1) is 0 Å². The minimum atomic E-state index is 0. The molecule has 2 nitrogen and oxygen atoms in total. The highest BCUT2D eigenvalue weighted by atomic mass is 35.5. The van der Waals surface area contributed by atoms with Crippen LogP contribution < -0.4 is 5.32 Å². The van der Waals surface area contributed by atoms with Gasteiger partial charge in [0.2, 0.25) is 0 Å². The van der Waals surface area contributed by atoms with Gasteiger partial charge in [-0.3, -0.25) is 0 Å². The molecule has 1 aromatic carbocycles. The van der Waals surface area contributed by atoms with Gasteiger partial charge in [0.05, 0.1) is 12.2 Å². The van der Waals surface area contributed by atoms with Crippen LogP contribution in [0.25, 0.3) is 0 Å². The molecule has 2 aliphatic rings. The van der Waals surface area contributed by atoms with Gasteiger partial charge in [0.15, 0.2) is 0 Å². The maximum Gasteiger partial charge on any atom is 0.0984 e. The highest BCUT2D eigenvalue weighted by Gasteiger charge is 2.36. The van der Waals surface area contributed by atoms with Gasteiger partial charge < -0.3 is 10.1 Å². The Morgan fingerprint density at radius 1 is 1.25 bits per heavy atom. The van der Waals surface area contributed by atoms with Gasteiger partial charge in [-0.05, 0) is 37.4 Å². The quantitative estimate of drug-likeness (QED) is 0.813. The second-order valence-electron chi connectivity index (χ2n) is 4.55. The van der Waals surface area contributed by atoms with E-state index < -0.39 is 0 Å². The maximum atomic E-state index is 6.09. The van der Waals surface area contributed by atoms with Gasteiger partial charge in [0.1, 0.15) is 0 Å². The summed E-state index contributed by atoms with van der Waals surface area (Å²) in [7, 11) is 2.03. The third-order valence-electron chi connectivity index (χ3n) is 3.68. The standard InChI is InChI=1S/C13H17NO.ClH/c1-14-12-7-6-10-8-9-4-2-3-5-11(9)13(12)15-10;/h2-5,10,12-14H,6-8H2,1H3;1H/t10-,12?,13-;/m1./s1. The number of fused-ring (bicyclic) bond motifs is 4. The second kappa shape index (κ2) is 4.74. The van der Waals surface area contributed by atoms with Crippen molar-refractivity contribution in [3.63, 3.8) is 0 Å². The summed E-state index contributed by atoms with van der Waals surface area (Å²) in [6.07, 6.45) is 4.26. The molecule has 3 rings (SSSR count). The number of benzene rings is 1. The summed E-state index contributed by atoms with van der Waals surface area (Å²) < 4.78 is 6.09. The van der Waals surface area contributed by atoms with Crippen LogP contribution in [0.1, 0.15) is 30.1 Å². The molecule has 0 amide bonds. The third kappa shape index (κ3) is 1.86. The van der Waals surface area contributed by atoms with Crippen molar-refractivity contribution in [3.05, 3.63) is 35.4 Å². The molecule has 0 radical (unpaired) electrons. The number of ether oxygens (including phenoxy) is 1. The number of nitrogens with one attached hydrogen (secondary N) is 1. The number of hydrogen-bond donors (Lipinski definition) is 1. The van der Waals surface area contributed by atoms with E-state index in [9.17, 15) is 0 Å². The summed E-state index contributed by atoms with van der Waals surface area (Å²) in [5, 5.41) is 3.38. The van der Waals surface area contributed by atoms with Gasteiger partial charge >= 0.3 is 0 Å². The number of hydrogen-bond acceptors (Lipinski definition) is 2. The van der Waals surface area contributed by atoms with E-state index in [1.54, 1.807) is 0 Å². The van der Waals surface area contributed by atoms with Gasteiger partial charge in [0.25, 0.3) is 0 Å². The summed E-state index contributed by atoms with van der Waals surface area (Å²) in [6, 6.07) is 9.20. The molecule has 0 spiro atoms. The normalized spacial score (nSPS) is 31.4. The highest BCUT2D eigenvalue weighted by Crippen LogP contribution is 2.39. The van der Waals surface area contributed by atoms with E-state index in [4.69, 9.17) is 4.74 Å². The number of likely N-dealkylation sites (N-methyl/N-ethyl adjacent to an activating group) is 1. The molecule has 0 saturated carbocycles. The van der Waals surface area contributed by atoms with Crippen molar-refractivity contribution < 1.29 is 4.74 Å². The van der Waals surface area contributed by atoms with Crippen molar-refractivity contribution in [2.45, 2.75) is 37.5 Å². The first-order valence-electron chi connectivity index (χ1n) is 5.79. The van der Waals surface area contributed by atoms with E-state index in [0.29, 0.717) is 12.1 Å². The number of rotatable bonds is 1. The van der Waals surface area contributed by atoms with Crippen molar-refractivity contribution in [3.8, 4) is 0 Å².